The third kappa shape index (κ3) is 2.11. The largest absolute Gasteiger partial charge is 0.306 e. The van der Waals surface area contributed by atoms with Crippen molar-refractivity contribution in [3.05, 3.63) is 108 Å². The van der Waals surface area contributed by atoms with Crippen molar-refractivity contribution < 1.29 is 0 Å². The van der Waals surface area contributed by atoms with Crippen molar-refractivity contribution in [2.24, 2.45) is 0 Å². The SMILES string of the molecule is CC1(C)c2ccccc2N2c3ccccc3N(c3ccccc3)c3cccc1c32. The Hall–Kier alpha value is -3.52. The minimum Gasteiger partial charge on any atom is -0.306 e. The van der Waals surface area contributed by atoms with Crippen molar-refractivity contribution in [1.29, 1.82) is 0 Å². The van der Waals surface area contributed by atoms with Gasteiger partial charge < -0.3 is 9.80 Å². The lowest BCUT2D eigenvalue weighted by molar-refractivity contribution is 0.631. The lowest BCUT2D eigenvalue weighted by atomic mass is 9.72. The first-order valence-corrected chi connectivity index (χ1v) is 10.2. The molecule has 4 aromatic carbocycles. The third-order valence-corrected chi connectivity index (χ3v) is 6.35. The molecule has 0 bridgehead atoms. The van der Waals surface area contributed by atoms with E-state index in [0.29, 0.717) is 0 Å². The maximum absolute atomic E-state index is 2.46. The predicted octanol–water partition coefficient (Wildman–Crippen LogP) is 7.58. The summed E-state index contributed by atoms with van der Waals surface area (Å²) >= 11 is 0. The summed E-state index contributed by atoms with van der Waals surface area (Å²) in [5.74, 6) is 0. The first-order chi connectivity index (χ1) is 14.2. The monoisotopic (exact) mass is 374 g/mol. The predicted molar refractivity (Wildman–Crippen MR) is 121 cm³/mol. The molecule has 0 saturated heterocycles. The summed E-state index contributed by atoms with van der Waals surface area (Å²) < 4.78 is 0. The quantitative estimate of drug-likeness (QED) is 0.298. The lowest BCUT2D eigenvalue weighted by Crippen LogP contribution is -2.34. The molecular weight excluding hydrogens is 352 g/mol. The Labute approximate surface area is 171 Å². The van der Waals surface area contributed by atoms with E-state index in [2.05, 4.69) is 121 Å². The molecule has 6 rings (SSSR count). The summed E-state index contributed by atoms with van der Waals surface area (Å²) in [6.45, 7) is 4.68. The van der Waals surface area contributed by atoms with Crippen molar-refractivity contribution in [3.63, 3.8) is 0 Å². The maximum atomic E-state index is 2.46. The highest BCUT2D eigenvalue weighted by atomic mass is 15.3. The molecule has 0 unspecified atom stereocenters. The molecule has 0 saturated carbocycles. The van der Waals surface area contributed by atoms with Crippen molar-refractivity contribution in [2.45, 2.75) is 19.3 Å². The van der Waals surface area contributed by atoms with Gasteiger partial charge in [0.25, 0.3) is 0 Å². The first-order valence-electron chi connectivity index (χ1n) is 10.2. The lowest BCUT2D eigenvalue weighted by Gasteiger charge is -2.48. The highest BCUT2D eigenvalue weighted by molar-refractivity contribution is 6.04. The van der Waals surface area contributed by atoms with Crippen LogP contribution in [0.3, 0.4) is 0 Å². The molecule has 2 nitrogen and oxygen atoms in total. The summed E-state index contributed by atoms with van der Waals surface area (Å²) in [4.78, 5) is 4.86. The molecule has 29 heavy (non-hydrogen) atoms. The van der Waals surface area contributed by atoms with Gasteiger partial charge in [-0.15, -0.1) is 0 Å². The van der Waals surface area contributed by atoms with Crippen LogP contribution in [0.25, 0.3) is 0 Å². The summed E-state index contributed by atoms with van der Waals surface area (Å²) in [6, 6.07) is 35.0. The molecule has 2 aliphatic heterocycles. The number of anilines is 6. The minimum absolute atomic E-state index is 0.0624. The van der Waals surface area contributed by atoms with Gasteiger partial charge in [0.2, 0.25) is 0 Å². The number of nitrogens with zero attached hydrogens (tertiary/aromatic N) is 2. The molecule has 2 aliphatic rings. The number of para-hydroxylation sites is 5. The molecule has 2 heterocycles. The fraction of sp³-hybridized carbons (Fsp3) is 0.111. The number of hydrogen-bond donors (Lipinski definition) is 0. The van der Waals surface area contributed by atoms with Crippen molar-refractivity contribution >= 4 is 34.1 Å². The summed E-state index contributed by atoms with van der Waals surface area (Å²) in [5.41, 5.74) is 10.1. The van der Waals surface area contributed by atoms with Crippen LogP contribution in [0.2, 0.25) is 0 Å². The van der Waals surface area contributed by atoms with E-state index in [1.807, 2.05) is 0 Å². The van der Waals surface area contributed by atoms with Gasteiger partial charge in [0.1, 0.15) is 0 Å². The van der Waals surface area contributed by atoms with Crippen LogP contribution < -0.4 is 9.80 Å². The van der Waals surface area contributed by atoms with Crippen LogP contribution in [0.1, 0.15) is 25.0 Å². The highest BCUT2D eigenvalue weighted by Crippen LogP contribution is 2.61. The van der Waals surface area contributed by atoms with E-state index < -0.39 is 0 Å². The van der Waals surface area contributed by atoms with Gasteiger partial charge in [-0.05, 0) is 47.5 Å². The van der Waals surface area contributed by atoms with Crippen molar-refractivity contribution in [2.75, 3.05) is 9.80 Å². The Morgan fingerprint density at radius 1 is 0.483 bits per heavy atom. The van der Waals surface area contributed by atoms with Crippen LogP contribution in [0.4, 0.5) is 34.1 Å². The second-order valence-corrected chi connectivity index (χ2v) is 8.31. The van der Waals surface area contributed by atoms with Gasteiger partial charge >= 0.3 is 0 Å². The van der Waals surface area contributed by atoms with Gasteiger partial charge in [-0.2, -0.15) is 0 Å². The number of benzene rings is 4. The maximum Gasteiger partial charge on any atom is 0.0744 e. The molecule has 0 N–H and O–H groups in total. The van der Waals surface area contributed by atoms with E-state index >= 15 is 0 Å². The smallest absolute Gasteiger partial charge is 0.0744 e. The van der Waals surface area contributed by atoms with E-state index in [-0.39, 0.29) is 5.41 Å². The Kier molecular flexibility index (Phi) is 3.25. The molecule has 0 spiro atoms. The molecule has 4 aromatic rings. The van der Waals surface area contributed by atoms with E-state index in [0.717, 1.165) is 0 Å². The molecule has 0 amide bonds. The van der Waals surface area contributed by atoms with E-state index in [4.69, 9.17) is 0 Å². The average molecular weight is 374 g/mol. The summed E-state index contributed by atoms with van der Waals surface area (Å²) in [6.07, 6.45) is 0. The van der Waals surface area contributed by atoms with Crippen LogP contribution >= 0.6 is 0 Å². The fourth-order valence-corrected chi connectivity index (χ4v) is 4.99. The molecule has 0 aromatic heterocycles. The van der Waals surface area contributed by atoms with Gasteiger partial charge in [0.15, 0.2) is 0 Å². The molecule has 2 heteroatoms. The molecule has 0 aliphatic carbocycles. The Morgan fingerprint density at radius 3 is 1.79 bits per heavy atom. The van der Waals surface area contributed by atoms with Crippen LogP contribution in [-0.4, -0.2) is 0 Å². The van der Waals surface area contributed by atoms with Crippen LogP contribution in [0.5, 0.6) is 0 Å². The van der Waals surface area contributed by atoms with Gasteiger partial charge in [-0.25, -0.2) is 0 Å². The van der Waals surface area contributed by atoms with Crippen LogP contribution in [0.15, 0.2) is 97.1 Å². The van der Waals surface area contributed by atoms with Gasteiger partial charge in [-0.3, -0.25) is 0 Å². The Morgan fingerprint density at radius 2 is 1.03 bits per heavy atom. The van der Waals surface area contributed by atoms with Gasteiger partial charge in [-0.1, -0.05) is 74.5 Å². The van der Waals surface area contributed by atoms with Crippen LogP contribution in [-0.2, 0) is 5.41 Å². The first kappa shape index (κ1) is 16.4. The zero-order chi connectivity index (χ0) is 19.6. The highest BCUT2D eigenvalue weighted by Gasteiger charge is 2.42. The standard InChI is InChI=1S/C27H22N2/c1-27(2)20-13-6-7-15-22(20)29-24-17-9-8-16-23(24)28(19-11-4-3-5-12-19)25-18-10-14-21(27)26(25)29/h3-18H,1-2H3. The van der Waals surface area contributed by atoms with E-state index in [1.165, 1.54) is 45.3 Å². The minimum atomic E-state index is -0.0624. The molecule has 0 fully saturated rings. The second-order valence-electron chi connectivity index (χ2n) is 8.31. The van der Waals surface area contributed by atoms with Crippen molar-refractivity contribution in [1.82, 2.24) is 0 Å². The second kappa shape index (κ2) is 5.74. The van der Waals surface area contributed by atoms with E-state index in [1.54, 1.807) is 0 Å². The van der Waals surface area contributed by atoms with E-state index in [9.17, 15) is 0 Å². The average Bonchev–Trinajstić information content (AvgIpc) is 2.77. The fourth-order valence-electron chi connectivity index (χ4n) is 4.99. The zero-order valence-electron chi connectivity index (χ0n) is 16.6. The van der Waals surface area contributed by atoms with Crippen LogP contribution in [0, 0.1) is 0 Å². The summed E-state index contributed by atoms with van der Waals surface area (Å²) in [5, 5.41) is 0. The normalized spacial score (nSPS) is 15.4. The van der Waals surface area contributed by atoms with Gasteiger partial charge in [0.05, 0.1) is 28.4 Å². The molecule has 0 atom stereocenters. The Balaban J connectivity index is 1.74. The number of fused-ring (bicyclic) bond motifs is 4. The third-order valence-electron chi connectivity index (χ3n) is 6.35. The summed E-state index contributed by atoms with van der Waals surface area (Å²) in [7, 11) is 0. The molecular formula is C27H22N2. The van der Waals surface area contributed by atoms with Crippen molar-refractivity contribution in [3.8, 4) is 0 Å². The Bertz CT molecular complexity index is 1240. The topological polar surface area (TPSA) is 6.48 Å². The number of hydrogen-bond acceptors (Lipinski definition) is 2. The molecule has 0 radical (unpaired) electrons. The molecule has 140 valence electrons. The van der Waals surface area contributed by atoms with Gasteiger partial charge in [0, 0.05) is 11.1 Å². The number of rotatable bonds is 1. The zero-order valence-corrected chi connectivity index (χ0v) is 16.6.